The zero-order valence-electron chi connectivity index (χ0n) is 12.8. The van der Waals surface area contributed by atoms with Crippen molar-refractivity contribution in [3.63, 3.8) is 0 Å². The van der Waals surface area contributed by atoms with Gasteiger partial charge in [0.05, 0.1) is 5.56 Å². The van der Waals surface area contributed by atoms with Crippen molar-refractivity contribution >= 4 is 17.7 Å². The molecule has 1 amide bonds. The molecule has 0 spiro atoms. The number of hydrogen-bond acceptors (Lipinski definition) is 2. The van der Waals surface area contributed by atoms with Crippen LogP contribution in [0.3, 0.4) is 0 Å². The Kier molecular flexibility index (Phi) is 4.90. The predicted molar refractivity (Wildman–Crippen MR) is 84.9 cm³/mol. The molecule has 126 valence electrons. The fraction of sp³-hybridized carbons (Fsp3) is 0.588. The van der Waals surface area contributed by atoms with Crippen LogP contribution in [0.15, 0.2) is 24.3 Å². The van der Waals surface area contributed by atoms with E-state index in [1.807, 2.05) is 0 Å². The molecule has 1 aliphatic heterocycles. The molecular weight excluding hydrogens is 323 g/mol. The molecule has 0 bridgehead atoms. The lowest BCUT2D eigenvalue weighted by Crippen LogP contribution is -2.36. The van der Waals surface area contributed by atoms with E-state index in [2.05, 4.69) is 0 Å². The minimum absolute atomic E-state index is 0.0516. The number of carbonyl (C=O) groups is 1. The number of hydrogen-bond donors (Lipinski definition) is 0. The molecule has 6 heteroatoms. The van der Waals surface area contributed by atoms with E-state index in [-0.39, 0.29) is 17.2 Å². The van der Waals surface area contributed by atoms with Gasteiger partial charge in [-0.15, -0.1) is 11.8 Å². The molecule has 23 heavy (non-hydrogen) atoms. The standard InChI is InChI=1S/C17H20F3NOS/c18-17(19,20)14-8-4-7-13(11-14)16-21(9-10-23-16)15(22)12-5-2-1-3-6-12/h4,7-8,11-12,16H,1-3,5-6,9-10H2/t16-/m1/s1. The number of halogens is 3. The van der Waals surface area contributed by atoms with Crippen molar-refractivity contribution in [2.24, 2.45) is 5.92 Å². The number of nitrogens with zero attached hydrogens (tertiary/aromatic N) is 1. The Morgan fingerprint density at radius 2 is 1.91 bits per heavy atom. The van der Waals surface area contributed by atoms with E-state index in [0.717, 1.165) is 37.5 Å². The first-order valence-electron chi connectivity index (χ1n) is 8.06. The van der Waals surface area contributed by atoms with E-state index in [1.54, 1.807) is 22.7 Å². The van der Waals surface area contributed by atoms with Crippen LogP contribution in [0.1, 0.15) is 48.6 Å². The number of amides is 1. The van der Waals surface area contributed by atoms with Gasteiger partial charge < -0.3 is 4.90 Å². The van der Waals surface area contributed by atoms with Crippen LogP contribution < -0.4 is 0 Å². The molecule has 3 rings (SSSR count). The third kappa shape index (κ3) is 3.67. The van der Waals surface area contributed by atoms with Crippen LogP contribution in [0.2, 0.25) is 0 Å². The van der Waals surface area contributed by atoms with Crippen molar-refractivity contribution in [1.29, 1.82) is 0 Å². The van der Waals surface area contributed by atoms with E-state index >= 15 is 0 Å². The highest BCUT2D eigenvalue weighted by Crippen LogP contribution is 2.41. The smallest absolute Gasteiger partial charge is 0.325 e. The van der Waals surface area contributed by atoms with Gasteiger partial charge >= 0.3 is 6.18 Å². The molecule has 0 aromatic heterocycles. The van der Waals surface area contributed by atoms with Crippen LogP contribution in [-0.2, 0) is 11.0 Å². The molecule has 2 nitrogen and oxygen atoms in total. The summed E-state index contributed by atoms with van der Waals surface area (Å²) in [6.07, 6.45) is 0.801. The third-order valence-electron chi connectivity index (χ3n) is 4.63. The summed E-state index contributed by atoms with van der Waals surface area (Å²) in [7, 11) is 0. The van der Waals surface area contributed by atoms with Crippen molar-refractivity contribution in [2.45, 2.75) is 43.7 Å². The van der Waals surface area contributed by atoms with Crippen molar-refractivity contribution in [1.82, 2.24) is 4.90 Å². The second kappa shape index (κ2) is 6.75. The van der Waals surface area contributed by atoms with Crippen LogP contribution in [0.5, 0.6) is 0 Å². The summed E-state index contributed by atoms with van der Waals surface area (Å²) in [4.78, 5) is 14.5. The molecular formula is C17H20F3NOS. The van der Waals surface area contributed by atoms with Gasteiger partial charge in [-0.25, -0.2) is 0 Å². The highest BCUT2D eigenvalue weighted by Gasteiger charge is 2.36. The Hall–Kier alpha value is -1.17. The minimum atomic E-state index is -4.35. The Balaban J connectivity index is 1.80. The van der Waals surface area contributed by atoms with Gasteiger partial charge in [0.25, 0.3) is 0 Å². The Morgan fingerprint density at radius 1 is 1.17 bits per heavy atom. The SMILES string of the molecule is O=C(C1CCCCC1)N1CCS[C@@H]1c1cccc(C(F)(F)F)c1. The Morgan fingerprint density at radius 3 is 2.61 bits per heavy atom. The number of rotatable bonds is 2. The topological polar surface area (TPSA) is 20.3 Å². The maximum Gasteiger partial charge on any atom is 0.416 e. The van der Waals surface area contributed by atoms with E-state index in [4.69, 9.17) is 0 Å². The Labute approximate surface area is 138 Å². The van der Waals surface area contributed by atoms with Crippen LogP contribution in [0, 0.1) is 5.92 Å². The van der Waals surface area contributed by atoms with Gasteiger partial charge in [-0.1, -0.05) is 31.4 Å². The maximum absolute atomic E-state index is 12.9. The van der Waals surface area contributed by atoms with Crippen LogP contribution in [0.25, 0.3) is 0 Å². The molecule has 1 atom stereocenters. The lowest BCUT2D eigenvalue weighted by Gasteiger charge is -2.30. The molecule has 1 saturated carbocycles. The number of alkyl halides is 3. The summed E-state index contributed by atoms with van der Waals surface area (Å²) >= 11 is 1.55. The minimum Gasteiger partial charge on any atom is -0.325 e. The monoisotopic (exact) mass is 343 g/mol. The quantitative estimate of drug-likeness (QED) is 0.764. The van der Waals surface area contributed by atoms with E-state index < -0.39 is 11.7 Å². The molecule has 1 heterocycles. The van der Waals surface area contributed by atoms with Gasteiger partial charge in [-0.3, -0.25) is 4.79 Å². The highest BCUT2D eigenvalue weighted by molar-refractivity contribution is 7.99. The van der Waals surface area contributed by atoms with Gasteiger partial charge in [0, 0.05) is 18.2 Å². The fourth-order valence-corrected chi connectivity index (χ4v) is 4.68. The first-order valence-corrected chi connectivity index (χ1v) is 9.11. The molecule has 0 radical (unpaired) electrons. The maximum atomic E-state index is 12.9. The lowest BCUT2D eigenvalue weighted by molar-refractivity contribution is -0.137. The van der Waals surface area contributed by atoms with E-state index in [1.165, 1.54) is 18.6 Å². The zero-order chi connectivity index (χ0) is 16.4. The summed E-state index contributed by atoms with van der Waals surface area (Å²) < 4.78 is 38.7. The molecule has 1 aliphatic carbocycles. The number of thioether (sulfide) groups is 1. The fourth-order valence-electron chi connectivity index (χ4n) is 3.42. The van der Waals surface area contributed by atoms with Crippen LogP contribution >= 0.6 is 11.8 Å². The Bertz CT molecular complexity index is 569. The second-order valence-corrected chi connectivity index (χ2v) is 7.40. The van der Waals surface area contributed by atoms with Gasteiger partial charge in [0.15, 0.2) is 0 Å². The summed E-state index contributed by atoms with van der Waals surface area (Å²) in [5.41, 5.74) is -0.0703. The third-order valence-corrected chi connectivity index (χ3v) is 5.89. The summed E-state index contributed by atoms with van der Waals surface area (Å²) in [5.74, 6) is 0.951. The molecule has 2 aliphatic rings. The number of benzene rings is 1. The summed E-state index contributed by atoms with van der Waals surface area (Å²) in [6.45, 7) is 0.626. The summed E-state index contributed by atoms with van der Waals surface area (Å²) in [6, 6.07) is 5.39. The predicted octanol–water partition coefficient (Wildman–Crippen LogP) is 4.86. The van der Waals surface area contributed by atoms with Crippen molar-refractivity contribution < 1.29 is 18.0 Å². The average molecular weight is 343 g/mol. The van der Waals surface area contributed by atoms with Crippen molar-refractivity contribution in [3.8, 4) is 0 Å². The first-order chi connectivity index (χ1) is 11.0. The molecule has 2 fully saturated rings. The second-order valence-electron chi connectivity index (χ2n) is 6.21. The van der Waals surface area contributed by atoms with Gasteiger partial charge in [0.1, 0.15) is 5.37 Å². The van der Waals surface area contributed by atoms with Gasteiger partial charge in [-0.05, 0) is 30.5 Å². The van der Waals surface area contributed by atoms with E-state index in [0.29, 0.717) is 12.1 Å². The van der Waals surface area contributed by atoms with Crippen molar-refractivity contribution in [3.05, 3.63) is 35.4 Å². The molecule has 0 unspecified atom stereocenters. The molecule has 1 aromatic carbocycles. The zero-order valence-corrected chi connectivity index (χ0v) is 13.6. The molecule has 1 aromatic rings. The summed E-state index contributed by atoms with van der Waals surface area (Å²) in [5, 5.41) is -0.285. The van der Waals surface area contributed by atoms with E-state index in [9.17, 15) is 18.0 Å². The number of carbonyl (C=O) groups excluding carboxylic acids is 1. The van der Waals surface area contributed by atoms with Crippen molar-refractivity contribution in [2.75, 3.05) is 12.3 Å². The lowest BCUT2D eigenvalue weighted by atomic mass is 9.88. The normalized spacial score (nSPS) is 23.3. The van der Waals surface area contributed by atoms with Gasteiger partial charge in [0.2, 0.25) is 5.91 Å². The molecule has 1 saturated heterocycles. The molecule has 0 N–H and O–H groups in total. The van der Waals surface area contributed by atoms with Gasteiger partial charge in [-0.2, -0.15) is 13.2 Å². The highest BCUT2D eigenvalue weighted by atomic mass is 32.2. The first kappa shape index (κ1) is 16.7. The average Bonchev–Trinajstić information content (AvgIpc) is 3.04. The van der Waals surface area contributed by atoms with Crippen LogP contribution in [0.4, 0.5) is 13.2 Å². The van der Waals surface area contributed by atoms with Crippen LogP contribution in [-0.4, -0.2) is 23.1 Å². The largest absolute Gasteiger partial charge is 0.416 e.